The molecule has 0 radical (unpaired) electrons. The average molecular weight is 428 g/mol. The quantitative estimate of drug-likeness (QED) is 0.579. The number of ether oxygens (including phenoxy) is 1. The van der Waals surface area contributed by atoms with Gasteiger partial charge in [0.05, 0.1) is 6.61 Å². The number of aldehydes is 1. The van der Waals surface area contributed by atoms with Gasteiger partial charge in [-0.3, -0.25) is 0 Å². The Balaban J connectivity index is 1.28. The Labute approximate surface area is 182 Å². The van der Waals surface area contributed by atoms with Crippen molar-refractivity contribution in [2.24, 2.45) is 11.8 Å². The fourth-order valence-corrected chi connectivity index (χ4v) is 4.15. The van der Waals surface area contributed by atoms with E-state index >= 15 is 0 Å². The predicted octanol–water partition coefficient (Wildman–Crippen LogP) is 5.01. The summed E-state index contributed by atoms with van der Waals surface area (Å²) in [7, 11) is 0. The van der Waals surface area contributed by atoms with E-state index < -0.39 is 0 Å². The van der Waals surface area contributed by atoms with E-state index in [9.17, 15) is 9.18 Å². The molecule has 1 saturated heterocycles. The number of nitrogens with zero attached hydrogens (tertiary/aromatic N) is 3. The molecular weight excluding hydrogens is 397 g/mol. The normalized spacial score (nSPS) is 20.1. The zero-order chi connectivity index (χ0) is 21.8. The standard InChI is InChI=1S/C24H30FN3O3/c1-16(2)23-26-24(31-27-23)28-11-9-18(10-12-28)15-30-22-8-7-20(13-21(22)25)19-5-3-17(14-29)4-6-19/h5,7-8,13-14,16-18H,3-4,6,9-12,15H2,1-2H3. The highest BCUT2D eigenvalue weighted by atomic mass is 19.1. The predicted molar refractivity (Wildman–Crippen MR) is 117 cm³/mol. The number of halogens is 1. The van der Waals surface area contributed by atoms with Crippen molar-refractivity contribution in [3.8, 4) is 5.75 Å². The molecular formula is C24H30FN3O3. The van der Waals surface area contributed by atoms with Crippen LogP contribution in [0.1, 0.15) is 63.3 Å². The van der Waals surface area contributed by atoms with Crippen molar-refractivity contribution in [3.05, 3.63) is 41.5 Å². The molecule has 7 heteroatoms. The molecule has 1 fully saturated rings. The van der Waals surface area contributed by atoms with Crippen molar-refractivity contribution in [3.63, 3.8) is 0 Å². The number of carbonyl (C=O) groups excluding carboxylic acids is 1. The Morgan fingerprint density at radius 3 is 2.71 bits per heavy atom. The number of allylic oxidation sites excluding steroid dienone is 2. The highest BCUT2D eigenvalue weighted by Crippen LogP contribution is 2.32. The maximum Gasteiger partial charge on any atom is 0.324 e. The summed E-state index contributed by atoms with van der Waals surface area (Å²) >= 11 is 0. The summed E-state index contributed by atoms with van der Waals surface area (Å²) in [5.74, 6) is 1.40. The van der Waals surface area contributed by atoms with Crippen molar-refractivity contribution < 1.29 is 18.4 Å². The molecule has 2 aliphatic rings. The smallest absolute Gasteiger partial charge is 0.324 e. The molecule has 0 amide bonds. The monoisotopic (exact) mass is 427 g/mol. The first-order valence-electron chi connectivity index (χ1n) is 11.2. The van der Waals surface area contributed by atoms with Gasteiger partial charge in [-0.1, -0.05) is 31.1 Å². The van der Waals surface area contributed by atoms with Gasteiger partial charge in [0.2, 0.25) is 0 Å². The minimum atomic E-state index is -0.333. The third-order valence-corrected chi connectivity index (χ3v) is 6.25. The SMILES string of the molecule is CC(C)c1noc(N2CCC(COc3ccc(C4=CCC(C=O)CC4)cc3F)CC2)n1. The maximum absolute atomic E-state index is 14.6. The van der Waals surface area contributed by atoms with E-state index in [1.54, 1.807) is 12.1 Å². The first-order chi connectivity index (χ1) is 15.0. The number of carbonyl (C=O) groups is 1. The summed E-state index contributed by atoms with van der Waals surface area (Å²) in [6.07, 6.45) is 7.31. The summed E-state index contributed by atoms with van der Waals surface area (Å²) in [6.45, 7) is 6.23. The fourth-order valence-electron chi connectivity index (χ4n) is 4.15. The van der Waals surface area contributed by atoms with E-state index in [0.29, 0.717) is 24.3 Å². The van der Waals surface area contributed by atoms with E-state index in [2.05, 4.69) is 21.1 Å². The molecule has 4 rings (SSSR count). The van der Waals surface area contributed by atoms with Gasteiger partial charge in [-0.25, -0.2) is 4.39 Å². The van der Waals surface area contributed by atoms with Crippen LogP contribution in [0.2, 0.25) is 0 Å². The Morgan fingerprint density at radius 1 is 1.29 bits per heavy atom. The van der Waals surface area contributed by atoms with Crippen LogP contribution < -0.4 is 9.64 Å². The summed E-state index contributed by atoms with van der Waals surface area (Å²) in [5, 5.41) is 4.03. The first kappa shape index (κ1) is 21.5. The van der Waals surface area contributed by atoms with E-state index in [4.69, 9.17) is 9.26 Å². The average Bonchev–Trinajstić information content (AvgIpc) is 3.29. The lowest BCUT2D eigenvalue weighted by atomic mass is 9.87. The molecule has 1 aliphatic carbocycles. The molecule has 1 aromatic heterocycles. The van der Waals surface area contributed by atoms with Crippen LogP contribution in [0.3, 0.4) is 0 Å². The van der Waals surface area contributed by atoms with Crippen molar-refractivity contribution >= 4 is 17.9 Å². The third-order valence-electron chi connectivity index (χ3n) is 6.25. The topological polar surface area (TPSA) is 68.5 Å². The van der Waals surface area contributed by atoms with Gasteiger partial charge in [-0.05, 0) is 61.3 Å². The van der Waals surface area contributed by atoms with Crippen LogP contribution in [0.4, 0.5) is 10.4 Å². The molecule has 2 aromatic rings. The zero-order valence-electron chi connectivity index (χ0n) is 18.2. The van der Waals surface area contributed by atoms with Gasteiger partial charge >= 0.3 is 6.01 Å². The van der Waals surface area contributed by atoms with Gasteiger partial charge in [0.15, 0.2) is 17.4 Å². The van der Waals surface area contributed by atoms with Crippen LogP contribution in [0, 0.1) is 17.7 Å². The van der Waals surface area contributed by atoms with Gasteiger partial charge in [0, 0.05) is 24.9 Å². The van der Waals surface area contributed by atoms with Crippen LogP contribution in [0.5, 0.6) is 5.75 Å². The molecule has 1 atom stereocenters. The Morgan fingerprint density at radius 2 is 2.10 bits per heavy atom. The summed E-state index contributed by atoms with van der Waals surface area (Å²) in [5.41, 5.74) is 1.99. The minimum absolute atomic E-state index is 0.0970. The Bertz CT molecular complexity index is 932. The van der Waals surface area contributed by atoms with Gasteiger partial charge in [-0.2, -0.15) is 4.98 Å². The molecule has 1 aromatic carbocycles. The number of anilines is 1. The molecule has 1 aliphatic heterocycles. The lowest BCUT2D eigenvalue weighted by molar-refractivity contribution is -0.111. The molecule has 6 nitrogen and oxygen atoms in total. The number of benzene rings is 1. The summed E-state index contributed by atoms with van der Waals surface area (Å²) in [6, 6.07) is 5.77. The third kappa shape index (κ3) is 5.14. The van der Waals surface area contributed by atoms with Gasteiger partial charge in [-0.15, -0.1) is 0 Å². The van der Waals surface area contributed by atoms with Gasteiger partial charge in [0.25, 0.3) is 0 Å². The highest BCUT2D eigenvalue weighted by molar-refractivity contribution is 5.69. The highest BCUT2D eigenvalue weighted by Gasteiger charge is 2.24. The fraction of sp³-hybridized carbons (Fsp3) is 0.542. The van der Waals surface area contributed by atoms with Crippen molar-refractivity contribution in [1.29, 1.82) is 0 Å². The van der Waals surface area contributed by atoms with E-state index in [0.717, 1.165) is 68.4 Å². The second-order valence-electron chi connectivity index (χ2n) is 8.88. The Kier molecular flexibility index (Phi) is 6.68. The number of hydrogen-bond acceptors (Lipinski definition) is 6. The van der Waals surface area contributed by atoms with E-state index in [1.807, 2.05) is 19.9 Å². The van der Waals surface area contributed by atoms with Gasteiger partial charge in [0.1, 0.15) is 6.29 Å². The van der Waals surface area contributed by atoms with Crippen molar-refractivity contribution in [1.82, 2.24) is 10.1 Å². The summed E-state index contributed by atoms with van der Waals surface area (Å²) in [4.78, 5) is 17.5. The van der Waals surface area contributed by atoms with E-state index in [-0.39, 0.29) is 17.7 Å². The lowest BCUT2D eigenvalue weighted by Gasteiger charge is -2.30. The molecule has 0 saturated carbocycles. The Hall–Kier alpha value is -2.70. The van der Waals surface area contributed by atoms with E-state index in [1.165, 1.54) is 0 Å². The van der Waals surface area contributed by atoms with Gasteiger partial charge < -0.3 is 19.0 Å². The minimum Gasteiger partial charge on any atom is -0.490 e. The van der Waals surface area contributed by atoms with Crippen LogP contribution in [-0.4, -0.2) is 36.1 Å². The number of hydrogen-bond donors (Lipinski definition) is 0. The first-order valence-corrected chi connectivity index (χ1v) is 11.2. The molecule has 31 heavy (non-hydrogen) atoms. The van der Waals surface area contributed by atoms with Crippen LogP contribution >= 0.6 is 0 Å². The molecule has 0 N–H and O–H groups in total. The zero-order valence-corrected chi connectivity index (χ0v) is 18.2. The second-order valence-corrected chi connectivity index (χ2v) is 8.88. The maximum atomic E-state index is 14.6. The molecule has 0 bridgehead atoms. The number of piperidine rings is 1. The second kappa shape index (κ2) is 9.62. The van der Waals surface area contributed by atoms with Crippen LogP contribution in [0.15, 0.2) is 28.8 Å². The molecule has 166 valence electrons. The molecule has 1 unspecified atom stereocenters. The lowest BCUT2D eigenvalue weighted by Crippen LogP contribution is -2.35. The molecule has 2 heterocycles. The number of rotatable bonds is 7. The van der Waals surface area contributed by atoms with Crippen LogP contribution in [0.25, 0.3) is 5.57 Å². The van der Waals surface area contributed by atoms with Crippen molar-refractivity contribution in [2.75, 3.05) is 24.6 Å². The number of aromatic nitrogens is 2. The summed E-state index contributed by atoms with van der Waals surface area (Å²) < 4.78 is 25.8. The molecule has 0 spiro atoms. The largest absolute Gasteiger partial charge is 0.490 e. The van der Waals surface area contributed by atoms with Crippen LogP contribution in [-0.2, 0) is 4.79 Å². The van der Waals surface area contributed by atoms with Crippen molar-refractivity contribution in [2.45, 2.75) is 51.9 Å².